The summed E-state index contributed by atoms with van der Waals surface area (Å²) in [5.74, 6) is -0.310. The Bertz CT molecular complexity index is 1350. The highest BCUT2D eigenvalue weighted by atomic mass is 19.4. The summed E-state index contributed by atoms with van der Waals surface area (Å²) in [4.78, 5) is 44.8. The molecule has 0 aliphatic carbocycles. The molecule has 3 aromatic rings. The maximum Gasteiger partial charge on any atom is 0.416 e. The highest BCUT2D eigenvalue weighted by Gasteiger charge is 2.35. The van der Waals surface area contributed by atoms with E-state index in [-0.39, 0.29) is 46.7 Å². The monoisotopic (exact) mass is 487 g/mol. The maximum atomic E-state index is 13.8. The Morgan fingerprint density at radius 1 is 1.20 bits per heavy atom. The van der Waals surface area contributed by atoms with Gasteiger partial charge in [-0.25, -0.2) is 4.98 Å². The number of rotatable bonds is 4. The van der Waals surface area contributed by atoms with Crippen LogP contribution in [0.15, 0.2) is 41.2 Å². The lowest BCUT2D eigenvalue weighted by Crippen LogP contribution is -2.54. The van der Waals surface area contributed by atoms with Crippen LogP contribution >= 0.6 is 0 Å². The molecule has 1 aliphatic heterocycles. The third kappa shape index (κ3) is 5.13. The second-order valence-electron chi connectivity index (χ2n) is 8.70. The van der Waals surface area contributed by atoms with Crippen molar-refractivity contribution in [1.29, 1.82) is 0 Å². The van der Waals surface area contributed by atoms with E-state index in [1.807, 2.05) is 0 Å². The number of aryl methyl sites for hydroxylation is 1. The second kappa shape index (κ2) is 9.05. The number of aromatic amines is 1. The fourth-order valence-corrected chi connectivity index (χ4v) is 4.23. The van der Waals surface area contributed by atoms with E-state index < -0.39 is 23.3 Å². The quantitative estimate of drug-likeness (QED) is 0.523. The van der Waals surface area contributed by atoms with E-state index in [0.717, 1.165) is 6.07 Å². The molecule has 0 radical (unpaired) electrons. The van der Waals surface area contributed by atoms with Crippen LogP contribution in [0.2, 0.25) is 0 Å². The minimum Gasteiger partial charge on any atom is -0.379 e. The highest BCUT2D eigenvalue weighted by molar-refractivity contribution is 5.97. The normalized spacial score (nSPS) is 17.3. The molecule has 2 amide bonds. The van der Waals surface area contributed by atoms with Gasteiger partial charge in [0.1, 0.15) is 5.82 Å². The fraction of sp³-hybridized carbons (Fsp3) is 0.333. The minimum atomic E-state index is -4.65. The van der Waals surface area contributed by atoms with Crippen molar-refractivity contribution in [2.24, 2.45) is 0 Å². The number of piperazine rings is 1. The van der Waals surface area contributed by atoms with Gasteiger partial charge in [-0.1, -0.05) is 0 Å². The van der Waals surface area contributed by atoms with Gasteiger partial charge in [0.15, 0.2) is 0 Å². The van der Waals surface area contributed by atoms with Crippen LogP contribution < -0.4 is 16.2 Å². The summed E-state index contributed by atoms with van der Waals surface area (Å²) in [7, 11) is 0. The van der Waals surface area contributed by atoms with Crippen LogP contribution in [0.5, 0.6) is 0 Å². The number of nitrogens with zero attached hydrogens (tertiary/aromatic N) is 2. The molecule has 35 heavy (non-hydrogen) atoms. The van der Waals surface area contributed by atoms with Gasteiger partial charge >= 0.3 is 6.18 Å². The largest absolute Gasteiger partial charge is 0.416 e. The van der Waals surface area contributed by atoms with Gasteiger partial charge in [0.05, 0.1) is 23.0 Å². The van der Waals surface area contributed by atoms with E-state index in [9.17, 15) is 27.6 Å². The number of hydrogen-bond acceptors (Lipinski definition) is 5. The molecule has 2 heterocycles. The number of benzene rings is 2. The summed E-state index contributed by atoms with van der Waals surface area (Å²) in [6.07, 6.45) is -4.65. The zero-order valence-electron chi connectivity index (χ0n) is 19.3. The van der Waals surface area contributed by atoms with Crippen LogP contribution in [-0.2, 0) is 11.0 Å². The standard InChI is InChI=1S/C24H24F3N5O3/c1-12-10-32(11-21(33)28-12)23(35)15-4-6-16(7-5-15)29-13(2)17-8-18-20(9-19(17)24(25,26)27)30-14(3)31-22(18)34/h4-9,12-13,29H,10-11H2,1-3H3,(H,28,33)(H,30,31,34)/t12-,13-/m0/s1. The van der Waals surface area contributed by atoms with Crippen molar-refractivity contribution in [2.45, 2.75) is 39.0 Å². The molecule has 0 saturated carbocycles. The summed E-state index contributed by atoms with van der Waals surface area (Å²) in [6, 6.07) is 7.41. The molecule has 1 aliphatic rings. The molecule has 4 rings (SSSR count). The zero-order chi connectivity index (χ0) is 25.5. The number of alkyl halides is 3. The molecule has 1 fully saturated rings. The van der Waals surface area contributed by atoms with E-state index in [1.54, 1.807) is 38.1 Å². The molecule has 0 spiro atoms. The lowest BCUT2D eigenvalue weighted by Gasteiger charge is -2.31. The first-order valence-corrected chi connectivity index (χ1v) is 11.0. The van der Waals surface area contributed by atoms with Gasteiger partial charge in [0.2, 0.25) is 5.91 Å². The predicted octanol–water partition coefficient (Wildman–Crippen LogP) is 3.38. The van der Waals surface area contributed by atoms with Crippen molar-refractivity contribution in [3.8, 4) is 0 Å². The Labute approximate surface area is 198 Å². The smallest absolute Gasteiger partial charge is 0.379 e. The minimum absolute atomic E-state index is 0.0295. The van der Waals surface area contributed by atoms with E-state index in [0.29, 0.717) is 17.8 Å². The molecule has 0 bridgehead atoms. The Kier molecular flexibility index (Phi) is 6.27. The number of nitrogens with one attached hydrogen (secondary N) is 3. The number of H-pyrrole nitrogens is 1. The lowest BCUT2D eigenvalue weighted by atomic mass is 9.98. The molecule has 184 valence electrons. The van der Waals surface area contributed by atoms with Crippen molar-refractivity contribution >= 4 is 28.4 Å². The van der Waals surface area contributed by atoms with Crippen molar-refractivity contribution < 1.29 is 22.8 Å². The fourth-order valence-electron chi connectivity index (χ4n) is 4.23. The molecular weight excluding hydrogens is 463 g/mol. The third-order valence-corrected chi connectivity index (χ3v) is 5.81. The topological polar surface area (TPSA) is 107 Å². The molecular formula is C24H24F3N5O3. The van der Waals surface area contributed by atoms with Crippen LogP contribution in [0, 0.1) is 6.92 Å². The number of aromatic nitrogens is 2. The number of halogens is 3. The number of carbonyl (C=O) groups excluding carboxylic acids is 2. The van der Waals surface area contributed by atoms with E-state index in [1.165, 1.54) is 17.9 Å². The third-order valence-electron chi connectivity index (χ3n) is 5.81. The molecule has 8 nitrogen and oxygen atoms in total. The van der Waals surface area contributed by atoms with Crippen LogP contribution in [0.25, 0.3) is 10.9 Å². The molecule has 2 atom stereocenters. The number of amides is 2. The van der Waals surface area contributed by atoms with E-state index in [4.69, 9.17) is 0 Å². The molecule has 2 aromatic carbocycles. The van der Waals surface area contributed by atoms with Crippen LogP contribution in [0.1, 0.15) is 47.2 Å². The number of fused-ring (bicyclic) bond motifs is 1. The van der Waals surface area contributed by atoms with Gasteiger partial charge in [-0.15, -0.1) is 0 Å². The van der Waals surface area contributed by atoms with E-state index >= 15 is 0 Å². The van der Waals surface area contributed by atoms with Crippen molar-refractivity contribution in [3.05, 3.63) is 69.3 Å². The van der Waals surface area contributed by atoms with Gasteiger partial charge in [0.25, 0.3) is 11.5 Å². The average Bonchev–Trinajstić information content (AvgIpc) is 2.77. The molecule has 1 saturated heterocycles. The SMILES string of the molecule is Cc1nc2cc(C(F)(F)F)c([C@H](C)Nc3ccc(C(=O)N4CC(=O)N[C@@H](C)C4)cc3)cc2c(=O)[nH]1. The van der Waals surface area contributed by atoms with Crippen molar-refractivity contribution in [1.82, 2.24) is 20.2 Å². The van der Waals surface area contributed by atoms with Crippen LogP contribution in [-0.4, -0.2) is 45.8 Å². The van der Waals surface area contributed by atoms with Crippen LogP contribution in [0.4, 0.5) is 18.9 Å². The summed E-state index contributed by atoms with van der Waals surface area (Å²) in [5, 5.41) is 5.81. The maximum absolute atomic E-state index is 13.8. The lowest BCUT2D eigenvalue weighted by molar-refractivity contribution is -0.138. The molecule has 1 aromatic heterocycles. The number of anilines is 1. The first-order chi connectivity index (χ1) is 16.4. The first-order valence-electron chi connectivity index (χ1n) is 11.0. The number of carbonyl (C=O) groups is 2. The van der Waals surface area contributed by atoms with Gasteiger partial charge in [-0.05, 0) is 62.7 Å². The first kappa shape index (κ1) is 24.2. The Morgan fingerprint density at radius 2 is 1.89 bits per heavy atom. The van der Waals surface area contributed by atoms with Gasteiger partial charge in [-0.2, -0.15) is 13.2 Å². The van der Waals surface area contributed by atoms with Crippen molar-refractivity contribution in [3.63, 3.8) is 0 Å². The summed E-state index contributed by atoms with van der Waals surface area (Å²) >= 11 is 0. The highest BCUT2D eigenvalue weighted by Crippen LogP contribution is 2.37. The molecule has 11 heteroatoms. The Morgan fingerprint density at radius 3 is 2.51 bits per heavy atom. The van der Waals surface area contributed by atoms with E-state index in [2.05, 4.69) is 20.6 Å². The molecule has 3 N–H and O–H groups in total. The average molecular weight is 487 g/mol. The van der Waals surface area contributed by atoms with Crippen molar-refractivity contribution in [2.75, 3.05) is 18.4 Å². The summed E-state index contributed by atoms with van der Waals surface area (Å²) < 4.78 is 41.5. The Hall–Kier alpha value is -3.89. The zero-order valence-corrected chi connectivity index (χ0v) is 19.3. The second-order valence-corrected chi connectivity index (χ2v) is 8.70. The molecule has 0 unspecified atom stereocenters. The van der Waals surface area contributed by atoms with Gasteiger partial charge in [-0.3, -0.25) is 14.4 Å². The predicted molar refractivity (Wildman–Crippen MR) is 124 cm³/mol. The Balaban J connectivity index is 1.59. The van der Waals surface area contributed by atoms with Gasteiger partial charge < -0.3 is 20.5 Å². The summed E-state index contributed by atoms with van der Waals surface area (Å²) in [5.41, 5.74) is -0.680. The van der Waals surface area contributed by atoms with Gasteiger partial charge in [0, 0.05) is 29.9 Å². The summed E-state index contributed by atoms with van der Waals surface area (Å²) in [6.45, 7) is 5.21. The number of hydrogen-bond donors (Lipinski definition) is 3. The van der Waals surface area contributed by atoms with Crippen LogP contribution in [0.3, 0.4) is 0 Å².